The number of nitrogens with zero attached hydrogens (tertiary/aromatic N) is 3. The van der Waals surface area contributed by atoms with Crippen LogP contribution in [-0.2, 0) is 16.0 Å². The molecule has 0 aliphatic heterocycles. The molecule has 0 bridgehead atoms. The van der Waals surface area contributed by atoms with Crippen LogP contribution in [-0.4, -0.2) is 62.8 Å². The summed E-state index contributed by atoms with van der Waals surface area (Å²) in [6.45, 7) is 2.50. The minimum Gasteiger partial charge on any atom is -0.479 e. The van der Waals surface area contributed by atoms with Gasteiger partial charge in [-0.1, -0.05) is 54.1 Å². The largest absolute Gasteiger partial charge is 0.479 e. The molecule has 37 heavy (non-hydrogen) atoms. The van der Waals surface area contributed by atoms with Gasteiger partial charge < -0.3 is 25.1 Å². The van der Waals surface area contributed by atoms with Crippen LogP contribution in [0.1, 0.15) is 42.2 Å². The van der Waals surface area contributed by atoms with Gasteiger partial charge in [0.25, 0.3) is 5.91 Å². The number of carboxylic acid groups (broad SMARTS) is 1. The zero-order chi connectivity index (χ0) is 26.8. The molecule has 198 valence electrons. The number of aliphatic hydroxyl groups is 1. The van der Waals surface area contributed by atoms with Gasteiger partial charge in [-0.2, -0.15) is 0 Å². The standard InChI is InChI=1S/C25H28ClFN4O6/c1-2-3-10-36-15-37-31-14-22(29-30-31)24(33)28-19(13-23(32)25(34)35)11-16-4-6-17(7-5-16)20-12-18(26)8-9-21(20)27/h4-9,12,14,19,23,32H,2-3,10-11,13,15H2,1H3,(H,28,33)(H,34,35)/t19-,23-/m1/s1. The summed E-state index contributed by atoms with van der Waals surface area (Å²) in [7, 11) is 0. The van der Waals surface area contributed by atoms with E-state index in [0.29, 0.717) is 22.8 Å². The summed E-state index contributed by atoms with van der Waals surface area (Å²) in [4.78, 5) is 30.2. The van der Waals surface area contributed by atoms with Crippen LogP contribution in [0.15, 0.2) is 48.7 Å². The molecule has 2 atom stereocenters. The molecule has 1 amide bonds. The number of aliphatic carboxylic acids is 1. The van der Waals surface area contributed by atoms with Crippen molar-refractivity contribution < 1.29 is 33.8 Å². The molecule has 0 unspecified atom stereocenters. The third-order valence-corrected chi connectivity index (χ3v) is 5.66. The zero-order valence-corrected chi connectivity index (χ0v) is 20.9. The van der Waals surface area contributed by atoms with Gasteiger partial charge in [-0.05, 0) is 47.4 Å². The highest BCUT2D eigenvalue weighted by atomic mass is 35.5. The number of hydrogen-bond donors (Lipinski definition) is 3. The number of benzene rings is 2. The zero-order valence-electron chi connectivity index (χ0n) is 20.1. The van der Waals surface area contributed by atoms with Crippen LogP contribution in [0, 0.1) is 5.82 Å². The first-order valence-corrected chi connectivity index (χ1v) is 12.0. The van der Waals surface area contributed by atoms with Crippen LogP contribution < -0.4 is 10.2 Å². The van der Waals surface area contributed by atoms with E-state index in [1.807, 2.05) is 6.92 Å². The lowest BCUT2D eigenvalue weighted by molar-refractivity contribution is -0.147. The number of hydrogen-bond acceptors (Lipinski definition) is 7. The molecule has 1 heterocycles. The van der Waals surface area contributed by atoms with Gasteiger partial charge in [0.2, 0.25) is 6.79 Å². The fourth-order valence-corrected chi connectivity index (χ4v) is 3.63. The second-order valence-electron chi connectivity index (χ2n) is 8.30. The van der Waals surface area contributed by atoms with Crippen molar-refractivity contribution in [1.82, 2.24) is 20.5 Å². The van der Waals surface area contributed by atoms with Crippen molar-refractivity contribution in [2.45, 2.75) is 44.8 Å². The Balaban J connectivity index is 1.66. The second-order valence-corrected chi connectivity index (χ2v) is 8.74. The maximum absolute atomic E-state index is 14.2. The number of nitrogens with one attached hydrogen (secondary N) is 1. The number of ether oxygens (including phenoxy) is 1. The molecule has 0 saturated heterocycles. The summed E-state index contributed by atoms with van der Waals surface area (Å²) in [6, 6.07) is 10.4. The Bertz CT molecular complexity index is 1190. The molecule has 3 N–H and O–H groups in total. The van der Waals surface area contributed by atoms with Crippen molar-refractivity contribution in [2.75, 3.05) is 13.4 Å². The second kappa shape index (κ2) is 13.7. The van der Waals surface area contributed by atoms with E-state index in [2.05, 4.69) is 15.6 Å². The average molecular weight is 535 g/mol. The van der Waals surface area contributed by atoms with Gasteiger partial charge >= 0.3 is 5.97 Å². The van der Waals surface area contributed by atoms with Crippen molar-refractivity contribution in [3.05, 3.63) is 70.8 Å². The number of halogens is 2. The predicted octanol–water partition coefficient (Wildman–Crippen LogP) is 3.12. The Hall–Kier alpha value is -3.54. The Morgan fingerprint density at radius 3 is 2.68 bits per heavy atom. The summed E-state index contributed by atoms with van der Waals surface area (Å²) >= 11 is 5.98. The molecule has 3 rings (SSSR count). The highest BCUT2D eigenvalue weighted by molar-refractivity contribution is 6.30. The monoisotopic (exact) mass is 534 g/mol. The summed E-state index contributed by atoms with van der Waals surface area (Å²) in [5, 5.41) is 29.6. The third kappa shape index (κ3) is 8.52. The summed E-state index contributed by atoms with van der Waals surface area (Å²) < 4.78 is 19.5. The molecule has 10 nitrogen and oxygen atoms in total. The minimum absolute atomic E-state index is 0.0600. The van der Waals surface area contributed by atoms with E-state index >= 15 is 0 Å². The highest BCUT2D eigenvalue weighted by Crippen LogP contribution is 2.26. The van der Waals surface area contributed by atoms with Crippen LogP contribution >= 0.6 is 11.6 Å². The van der Waals surface area contributed by atoms with Gasteiger partial charge in [-0.25, -0.2) is 9.18 Å². The van der Waals surface area contributed by atoms with Gasteiger partial charge in [0.1, 0.15) is 12.0 Å². The highest BCUT2D eigenvalue weighted by Gasteiger charge is 2.24. The Morgan fingerprint density at radius 1 is 1.22 bits per heavy atom. The summed E-state index contributed by atoms with van der Waals surface area (Å²) in [5.41, 5.74) is 1.61. The Morgan fingerprint density at radius 2 is 1.97 bits per heavy atom. The number of carbonyl (C=O) groups excluding carboxylic acids is 1. The lowest BCUT2D eigenvalue weighted by atomic mass is 9.97. The minimum atomic E-state index is -1.69. The lowest BCUT2D eigenvalue weighted by Gasteiger charge is -2.20. The Kier molecular flexibility index (Phi) is 10.4. The van der Waals surface area contributed by atoms with E-state index in [1.165, 1.54) is 24.4 Å². The molecule has 0 radical (unpaired) electrons. The first-order chi connectivity index (χ1) is 17.8. The van der Waals surface area contributed by atoms with Crippen molar-refractivity contribution in [3.63, 3.8) is 0 Å². The van der Waals surface area contributed by atoms with E-state index < -0.39 is 29.8 Å². The Labute approximate surface area is 217 Å². The lowest BCUT2D eigenvalue weighted by Crippen LogP contribution is -2.40. The average Bonchev–Trinajstić information content (AvgIpc) is 3.35. The van der Waals surface area contributed by atoms with Gasteiger partial charge in [0, 0.05) is 23.0 Å². The van der Waals surface area contributed by atoms with Crippen molar-refractivity contribution in [3.8, 4) is 11.1 Å². The molecule has 0 aliphatic rings. The fraction of sp³-hybridized carbons (Fsp3) is 0.360. The molecular weight excluding hydrogens is 507 g/mol. The van der Waals surface area contributed by atoms with Crippen LogP contribution in [0.25, 0.3) is 11.1 Å². The van der Waals surface area contributed by atoms with E-state index in [1.54, 1.807) is 24.3 Å². The fourth-order valence-electron chi connectivity index (χ4n) is 3.46. The molecule has 0 spiro atoms. The maximum Gasteiger partial charge on any atom is 0.332 e. The molecule has 0 aliphatic carbocycles. The van der Waals surface area contributed by atoms with Crippen LogP contribution in [0.4, 0.5) is 4.39 Å². The quantitative estimate of drug-likeness (QED) is 0.212. The van der Waals surface area contributed by atoms with E-state index in [-0.39, 0.29) is 25.3 Å². The van der Waals surface area contributed by atoms with E-state index in [9.17, 15) is 19.1 Å². The molecule has 3 aromatic rings. The number of carbonyl (C=O) groups is 2. The van der Waals surface area contributed by atoms with E-state index in [0.717, 1.165) is 23.3 Å². The molecule has 2 aromatic carbocycles. The van der Waals surface area contributed by atoms with Crippen molar-refractivity contribution in [1.29, 1.82) is 0 Å². The summed E-state index contributed by atoms with van der Waals surface area (Å²) in [6.07, 6.45) is 1.39. The number of aliphatic hydroxyl groups excluding tert-OH is 1. The van der Waals surface area contributed by atoms with E-state index in [4.69, 9.17) is 26.3 Å². The predicted molar refractivity (Wildman–Crippen MR) is 132 cm³/mol. The van der Waals surface area contributed by atoms with Gasteiger partial charge in [0.05, 0.1) is 6.61 Å². The first-order valence-electron chi connectivity index (χ1n) is 11.7. The molecule has 0 fully saturated rings. The van der Waals surface area contributed by atoms with Gasteiger partial charge in [-0.15, -0.1) is 5.10 Å². The van der Waals surface area contributed by atoms with Crippen LogP contribution in [0.2, 0.25) is 5.02 Å². The number of aromatic nitrogens is 3. The molecule has 12 heteroatoms. The number of carboxylic acids is 1. The number of unbranched alkanes of at least 4 members (excludes halogenated alkanes) is 1. The first kappa shape index (κ1) is 28.0. The van der Waals surface area contributed by atoms with Crippen LogP contribution in [0.3, 0.4) is 0 Å². The van der Waals surface area contributed by atoms with Gasteiger partial charge in [0.15, 0.2) is 11.8 Å². The molecular formula is C25H28ClFN4O6. The molecule has 0 saturated carbocycles. The summed E-state index contributed by atoms with van der Waals surface area (Å²) in [5.74, 6) is -2.45. The van der Waals surface area contributed by atoms with Crippen molar-refractivity contribution in [2.24, 2.45) is 0 Å². The number of rotatable bonds is 14. The number of amides is 1. The normalized spacial score (nSPS) is 12.6. The third-order valence-electron chi connectivity index (χ3n) is 5.42. The maximum atomic E-state index is 14.2. The molecule has 1 aromatic heterocycles. The SMILES string of the molecule is CCCCOCOn1cc(C(=O)N[C@H](Cc2ccc(-c3cc(Cl)ccc3F)cc2)C[C@@H](O)C(=O)O)nn1. The van der Waals surface area contributed by atoms with Crippen molar-refractivity contribution >= 4 is 23.5 Å². The topological polar surface area (TPSA) is 136 Å². The smallest absolute Gasteiger partial charge is 0.332 e. The van der Waals surface area contributed by atoms with Gasteiger partial charge in [-0.3, -0.25) is 4.79 Å². The van der Waals surface area contributed by atoms with Crippen LogP contribution in [0.5, 0.6) is 0 Å².